The molecule has 0 aliphatic carbocycles. The summed E-state index contributed by atoms with van der Waals surface area (Å²) < 4.78 is 12.5. The van der Waals surface area contributed by atoms with Gasteiger partial charge in [0.05, 0.1) is 27.7 Å². The van der Waals surface area contributed by atoms with Gasteiger partial charge in [-0.3, -0.25) is 0 Å². The molecule has 1 N–H and O–H groups in total. The number of aliphatic hydroxyl groups excluding tert-OH is 1. The van der Waals surface area contributed by atoms with Gasteiger partial charge in [0.1, 0.15) is 18.9 Å². The third kappa shape index (κ3) is 13.1. The number of hydrogen-bond donors (Lipinski definition) is 1. The van der Waals surface area contributed by atoms with Crippen LogP contribution in [0.5, 0.6) is 0 Å². The topological polar surface area (TPSA) is 55.8 Å². The molecule has 0 aliphatic rings. The van der Waals surface area contributed by atoms with E-state index in [0.717, 1.165) is 39.7 Å². The average molecular weight is 508 g/mol. The molecule has 1 atom stereocenters. The number of carbonyl (C=O) groups excluding carboxylic acids is 1. The SMILES string of the molecule is C=C(C)/C(CC)=C(OC(C)(CC)C(=O)OCC[N+](C)(C)C)\C(C)=C(\C)CO.CBr.CC. The Morgan fingerprint density at radius 3 is 1.90 bits per heavy atom. The van der Waals surface area contributed by atoms with Crippen LogP contribution in [0.3, 0.4) is 0 Å². The molecular formula is C25H49BrNO4+. The molecule has 0 fully saturated rings. The van der Waals surface area contributed by atoms with Gasteiger partial charge in [-0.15, -0.1) is 0 Å². The highest BCUT2D eigenvalue weighted by Gasteiger charge is 2.37. The molecule has 6 heteroatoms. The summed E-state index contributed by atoms with van der Waals surface area (Å²) in [6.45, 7) is 20.4. The molecule has 0 amide bonds. The normalized spacial score (nSPS) is 14.4. The van der Waals surface area contributed by atoms with E-state index in [1.54, 1.807) is 6.92 Å². The van der Waals surface area contributed by atoms with Crippen LogP contribution in [0.25, 0.3) is 0 Å². The lowest BCUT2D eigenvalue weighted by Gasteiger charge is -2.31. The Bertz CT molecular complexity index is 603. The third-order valence-electron chi connectivity index (χ3n) is 4.79. The van der Waals surface area contributed by atoms with Crippen LogP contribution in [0.1, 0.15) is 68.2 Å². The second-order valence-electron chi connectivity index (χ2n) is 8.34. The van der Waals surface area contributed by atoms with Crippen LogP contribution in [-0.2, 0) is 14.3 Å². The van der Waals surface area contributed by atoms with Crippen molar-refractivity contribution >= 4 is 21.9 Å². The first kappa shape index (κ1) is 34.5. The minimum absolute atomic E-state index is 0.0668. The van der Waals surface area contributed by atoms with Crippen LogP contribution < -0.4 is 0 Å². The zero-order valence-corrected chi connectivity index (χ0v) is 23.8. The van der Waals surface area contributed by atoms with E-state index in [0.29, 0.717) is 18.8 Å². The monoisotopic (exact) mass is 506 g/mol. The Balaban J connectivity index is -0.00000184. The third-order valence-corrected chi connectivity index (χ3v) is 4.79. The predicted molar refractivity (Wildman–Crippen MR) is 137 cm³/mol. The van der Waals surface area contributed by atoms with Gasteiger partial charge in [0, 0.05) is 0 Å². The van der Waals surface area contributed by atoms with Crippen molar-refractivity contribution in [2.75, 3.05) is 46.7 Å². The Morgan fingerprint density at radius 1 is 1.10 bits per heavy atom. The van der Waals surface area contributed by atoms with Gasteiger partial charge in [-0.25, -0.2) is 4.79 Å². The molecule has 0 rings (SSSR count). The molecule has 0 saturated heterocycles. The van der Waals surface area contributed by atoms with Crippen LogP contribution in [-0.4, -0.2) is 67.9 Å². The van der Waals surface area contributed by atoms with E-state index < -0.39 is 5.60 Å². The molecule has 0 heterocycles. The number of allylic oxidation sites excluding steroid dienone is 3. The van der Waals surface area contributed by atoms with Gasteiger partial charge in [-0.2, -0.15) is 0 Å². The zero-order valence-electron chi connectivity index (χ0n) is 22.2. The molecule has 0 radical (unpaired) electrons. The average Bonchev–Trinajstić information content (AvgIpc) is 2.73. The number of rotatable bonds is 11. The molecule has 0 saturated carbocycles. The summed E-state index contributed by atoms with van der Waals surface area (Å²) in [6, 6.07) is 0. The molecule has 1 unspecified atom stereocenters. The van der Waals surface area contributed by atoms with Gasteiger partial charge in [0.25, 0.3) is 0 Å². The van der Waals surface area contributed by atoms with Gasteiger partial charge in [0.2, 0.25) is 5.60 Å². The van der Waals surface area contributed by atoms with E-state index in [1.807, 2.05) is 54.3 Å². The first-order valence-corrected chi connectivity index (χ1v) is 12.6. The summed E-state index contributed by atoms with van der Waals surface area (Å²) in [7, 11) is 6.16. The van der Waals surface area contributed by atoms with Crippen LogP contribution in [0.15, 0.2) is 34.6 Å². The summed E-state index contributed by atoms with van der Waals surface area (Å²) in [5.74, 6) is 2.06. The number of aliphatic hydroxyl groups is 1. The number of carbonyl (C=O) groups is 1. The van der Waals surface area contributed by atoms with Crippen LogP contribution >= 0.6 is 15.9 Å². The Labute approximate surface area is 200 Å². The van der Waals surface area contributed by atoms with Gasteiger partial charge < -0.3 is 19.1 Å². The first-order chi connectivity index (χ1) is 14.3. The highest BCUT2D eigenvalue weighted by molar-refractivity contribution is 9.08. The summed E-state index contributed by atoms with van der Waals surface area (Å²) in [5, 5.41) is 9.55. The number of ether oxygens (including phenoxy) is 2. The number of nitrogens with zero attached hydrogens (tertiary/aromatic N) is 1. The van der Waals surface area contributed by atoms with Gasteiger partial charge >= 0.3 is 5.97 Å². The molecule has 0 spiro atoms. The van der Waals surface area contributed by atoms with E-state index in [4.69, 9.17) is 9.47 Å². The van der Waals surface area contributed by atoms with Gasteiger partial charge in [-0.05, 0) is 63.1 Å². The van der Waals surface area contributed by atoms with Crippen molar-refractivity contribution in [3.8, 4) is 0 Å². The molecule has 0 aromatic carbocycles. The van der Waals surface area contributed by atoms with Crippen molar-refractivity contribution in [2.45, 2.75) is 73.8 Å². The fraction of sp³-hybridized carbons (Fsp3) is 0.720. The highest BCUT2D eigenvalue weighted by atomic mass is 79.9. The van der Waals surface area contributed by atoms with Crippen molar-refractivity contribution in [3.63, 3.8) is 0 Å². The van der Waals surface area contributed by atoms with Crippen molar-refractivity contribution in [1.29, 1.82) is 0 Å². The molecule has 0 bridgehead atoms. The van der Waals surface area contributed by atoms with Gasteiger partial charge in [0.15, 0.2) is 0 Å². The Hall–Kier alpha value is -1.11. The number of esters is 1. The lowest BCUT2D eigenvalue weighted by Crippen LogP contribution is -2.43. The quantitative estimate of drug-likeness (QED) is 0.122. The smallest absolute Gasteiger partial charge is 0.350 e. The number of quaternary nitrogens is 1. The number of hydrogen-bond acceptors (Lipinski definition) is 4. The standard InChI is InChI=1S/C22H40NO4.C2H6.CH3Br/c1-11-19(16(3)4)20(18(6)17(5)15-24)27-22(7,12-2)21(25)26-14-13-23(8,9)10;2*1-2/h24H,3,11-15H2,1-2,4-10H3;1-2H3;1H3/q+1;;/b18-17-,20-19+;;. The fourth-order valence-corrected chi connectivity index (χ4v) is 2.38. The minimum atomic E-state index is -1.10. The molecule has 0 aromatic rings. The van der Waals surface area contributed by atoms with Crippen molar-refractivity contribution in [2.24, 2.45) is 0 Å². The summed E-state index contributed by atoms with van der Waals surface area (Å²) >= 11 is 2.94. The Morgan fingerprint density at radius 2 is 1.58 bits per heavy atom. The molecule has 184 valence electrons. The van der Waals surface area contributed by atoms with Gasteiger partial charge in [-0.1, -0.05) is 55.8 Å². The maximum absolute atomic E-state index is 12.8. The lowest BCUT2D eigenvalue weighted by atomic mass is 9.97. The molecule has 0 aliphatic heterocycles. The highest BCUT2D eigenvalue weighted by Crippen LogP contribution is 2.32. The van der Waals surface area contributed by atoms with Crippen LogP contribution in [0.2, 0.25) is 0 Å². The molecule has 31 heavy (non-hydrogen) atoms. The summed E-state index contributed by atoms with van der Waals surface area (Å²) in [4.78, 5) is 12.8. The van der Waals surface area contributed by atoms with Crippen molar-refractivity contribution < 1.29 is 23.9 Å². The molecule has 5 nitrogen and oxygen atoms in total. The van der Waals surface area contributed by atoms with E-state index >= 15 is 0 Å². The minimum Gasteiger partial charge on any atom is -0.475 e. The Kier molecular flexibility index (Phi) is 19.4. The van der Waals surface area contributed by atoms with Crippen molar-refractivity contribution in [1.82, 2.24) is 0 Å². The van der Waals surface area contributed by atoms with E-state index in [1.165, 1.54) is 0 Å². The van der Waals surface area contributed by atoms with E-state index in [2.05, 4.69) is 43.7 Å². The number of halogens is 1. The first-order valence-electron chi connectivity index (χ1n) is 11.0. The second kappa shape index (κ2) is 17.4. The maximum Gasteiger partial charge on any atom is 0.350 e. The molecular weight excluding hydrogens is 458 g/mol. The van der Waals surface area contributed by atoms with Crippen LogP contribution in [0, 0.1) is 0 Å². The summed E-state index contributed by atoms with van der Waals surface area (Å²) in [6.07, 6.45) is 1.19. The van der Waals surface area contributed by atoms with Crippen LogP contribution in [0.4, 0.5) is 0 Å². The fourth-order valence-electron chi connectivity index (χ4n) is 2.38. The van der Waals surface area contributed by atoms with Crippen molar-refractivity contribution in [3.05, 3.63) is 34.6 Å². The van der Waals surface area contributed by atoms with E-state index in [9.17, 15) is 9.90 Å². The molecule has 0 aromatic heterocycles. The summed E-state index contributed by atoms with van der Waals surface area (Å²) in [5.41, 5.74) is 2.35. The largest absolute Gasteiger partial charge is 0.475 e. The second-order valence-corrected chi connectivity index (χ2v) is 8.34. The number of likely N-dealkylation sites (N-methyl/N-ethyl adjacent to an activating group) is 1. The number of alkyl halides is 1. The lowest BCUT2D eigenvalue weighted by molar-refractivity contribution is -0.870. The predicted octanol–water partition coefficient (Wildman–Crippen LogP) is 6.03. The zero-order chi connectivity index (χ0) is 25.4. The van der Waals surface area contributed by atoms with E-state index in [-0.39, 0.29) is 12.6 Å². The maximum atomic E-state index is 12.8.